The van der Waals surface area contributed by atoms with Gasteiger partial charge in [-0.1, -0.05) is 18.1 Å². The number of hydrogen-bond donors (Lipinski definition) is 0. The third-order valence-corrected chi connectivity index (χ3v) is 3.54. The third kappa shape index (κ3) is 2.23. The number of rotatable bonds is 2. The van der Waals surface area contributed by atoms with E-state index in [1.54, 1.807) is 18.3 Å². The Hall–Kier alpha value is -2.17. The molecule has 1 saturated carbocycles. The first-order chi connectivity index (χ1) is 9.25. The molecule has 1 fully saturated rings. The van der Waals surface area contributed by atoms with Crippen LogP contribution >= 0.6 is 0 Å². The second-order valence-corrected chi connectivity index (χ2v) is 4.87. The van der Waals surface area contributed by atoms with E-state index < -0.39 is 0 Å². The van der Waals surface area contributed by atoms with Gasteiger partial charge in [0.05, 0.1) is 6.20 Å². The van der Waals surface area contributed by atoms with Crippen molar-refractivity contribution in [1.29, 1.82) is 0 Å². The molecule has 0 spiro atoms. The van der Waals surface area contributed by atoms with E-state index in [0.717, 1.165) is 12.8 Å². The molecule has 0 aromatic carbocycles. The minimum absolute atomic E-state index is 0.0636. The molecule has 5 nitrogen and oxygen atoms in total. The third-order valence-electron chi connectivity index (χ3n) is 3.54. The molecule has 0 radical (unpaired) electrons. The molecule has 0 unspecified atom stereocenters. The fourth-order valence-electron chi connectivity index (χ4n) is 2.62. The molecule has 1 aliphatic carbocycles. The lowest BCUT2D eigenvalue weighted by Gasteiger charge is -2.12. The van der Waals surface area contributed by atoms with Crippen LogP contribution < -0.4 is 0 Å². The van der Waals surface area contributed by atoms with Crippen LogP contribution in [0.1, 0.15) is 37.8 Å². The summed E-state index contributed by atoms with van der Waals surface area (Å²) in [5.41, 5.74) is 2.38. The molecule has 0 atom stereocenters. The average Bonchev–Trinajstić information content (AvgIpc) is 2.77. The van der Waals surface area contributed by atoms with Crippen LogP contribution in [0.5, 0.6) is 0 Å². The first-order valence-electron chi connectivity index (χ1n) is 6.56. The van der Waals surface area contributed by atoms with Crippen molar-refractivity contribution in [1.82, 2.24) is 9.38 Å². The number of hydrogen-bond acceptors (Lipinski definition) is 3. The summed E-state index contributed by atoms with van der Waals surface area (Å²) in [5.74, 6) is 0.0636. The quantitative estimate of drug-likeness (QED) is 0.610. The van der Waals surface area contributed by atoms with E-state index in [1.807, 2.05) is 12.1 Å². The van der Waals surface area contributed by atoms with E-state index in [1.165, 1.54) is 29.2 Å². The van der Waals surface area contributed by atoms with Gasteiger partial charge in [0.1, 0.15) is 0 Å². The van der Waals surface area contributed by atoms with Crippen LogP contribution in [-0.2, 0) is 0 Å². The van der Waals surface area contributed by atoms with Gasteiger partial charge in [-0.05, 0) is 42.7 Å². The standard InChI is InChI=1S/C14H15N3O2/c18-17(19)14-12(10-11-6-2-1-3-7-11)15-13-8-4-5-9-16(13)14/h4-5,8-10H,1-3,6-7H2. The molecular formula is C14H15N3O2. The minimum Gasteiger partial charge on any atom is -0.358 e. The van der Waals surface area contributed by atoms with Gasteiger partial charge in [0.25, 0.3) is 0 Å². The van der Waals surface area contributed by atoms with Crippen molar-refractivity contribution in [2.75, 3.05) is 0 Å². The molecule has 98 valence electrons. The lowest BCUT2D eigenvalue weighted by molar-refractivity contribution is -0.390. The summed E-state index contributed by atoms with van der Waals surface area (Å²) in [7, 11) is 0. The largest absolute Gasteiger partial charge is 0.358 e. The predicted molar refractivity (Wildman–Crippen MR) is 72.9 cm³/mol. The molecule has 5 heteroatoms. The zero-order valence-corrected chi connectivity index (χ0v) is 10.6. The van der Waals surface area contributed by atoms with Crippen LogP contribution in [-0.4, -0.2) is 14.3 Å². The molecule has 0 bridgehead atoms. The number of fused-ring (bicyclic) bond motifs is 1. The molecule has 0 amide bonds. The fourth-order valence-corrected chi connectivity index (χ4v) is 2.62. The van der Waals surface area contributed by atoms with Gasteiger partial charge in [0.15, 0.2) is 5.69 Å². The van der Waals surface area contributed by atoms with Gasteiger partial charge < -0.3 is 10.1 Å². The zero-order valence-electron chi connectivity index (χ0n) is 10.6. The summed E-state index contributed by atoms with van der Waals surface area (Å²) in [6.45, 7) is 0. The highest BCUT2D eigenvalue weighted by atomic mass is 16.6. The zero-order chi connectivity index (χ0) is 13.2. The maximum atomic E-state index is 11.3. The van der Waals surface area contributed by atoms with Gasteiger partial charge in [-0.2, -0.15) is 4.40 Å². The molecule has 1 aliphatic rings. The van der Waals surface area contributed by atoms with Crippen LogP contribution in [0.4, 0.5) is 5.82 Å². The van der Waals surface area contributed by atoms with Gasteiger partial charge in [-0.3, -0.25) is 0 Å². The van der Waals surface area contributed by atoms with Crippen LogP contribution in [0.15, 0.2) is 30.0 Å². The van der Waals surface area contributed by atoms with Crippen LogP contribution in [0, 0.1) is 10.1 Å². The Morgan fingerprint density at radius 1 is 1.26 bits per heavy atom. The summed E-state index contributed by atoms with van der Waals surface area (Å²) in [5, 5.41) is 11.3. The predicted octanol–water partition coefficient (Wildman–Crippen LogP) is 3.59. The number of aromatic nitrogens is 2. The minimum atomic E-state index is -0.352. The molecule has 0 aliphatic heterocycles. The average molecular weight is 257 g/mol. The number of nitrogens with zero attached hydrogens (tertiary/aromatic N) is 3. The number of imidazole rings is 1. The summed E-state index contributed by atoms with van der Waals surface area (Å²) >= 11 is 0. The molecule has 2 aromatic rings. The van der Waals surface area contributed by atoms with Crippen LogP contribution in [0.2, 0.25) is 0 Å². The molecule has 19 heavy (non-hydrogen) atoms. The molecule has 0 saturated heterocycles. The van der Waals surface area contributed by atoms with Crippen LogP contribution in [0.3, 0.4) is 0 Å². The van der Waals surface area contributed by atoms with Crippen LogP contribution in [0.25, 0.3) is 11.7 Å². The molecule has 0 N–H and O–H groups in total. The highest BCUT2D eigenvalue weighted by Crippen LogP contribution is 2.28. The Morgan fingerprint density at radius 3 is 2.79 bits per heavy atom. The lowest BCUT2D eigenvalue weighted by atomic mass is 9.94. The maximum Gasteiger partial charge on any atom is 0.355 e. The van der Waals surface area contributed by atoms with Crippen molar-refractivity contribution < 1.29 is 4.92 Å². The Kier molecular flexibility index (Phi) is 3.03. The Balaban J connectivity index is 2.12. The van der Waals surface area contributed by atoms with Crippen molar-refractivity contribution in [2.45, 2.75) is 32.1 Å². The summed E-state index contributed by atoms with van der Waals surface area (Å²) in [6.07, 6.45) is 9.26. The van der Waals surface area contributed by atoms with E-state index in [4.69, 9.17) is 0 Å². The van der Waals surface area contributed by atoms with Gasteiger partial charge in [0.2, 0.25) is 5.65 Å². The molecule has 3 rings (SSSR count). The first kappa shape index (κ1) is 11.9. The van der Waals surface area contributed by atoms with Crippen molar-refractivity contribution >= 4 is 17.5 Å². The van der Waals surface area contributed by atoms with Gasteiger partial charge in [-0.15, -0.1) is 0 Å². The second kappa shape index (κ2) is 4.84. The van der Waals surface area contributed by atoms with Crippen molar-refractivity contribution in [3.63, 3.8) is 0 Å². The number of pyridine rings is 1. The fraction of sp³-hybridized carbons (Fsp3) is 0.357. The smallest absolute Gasteiger partial charge is 0.355 e. The van der Waals surface area contributed by atoms with E-state index in [0.29, 0.717) is 11.3 Å². The van der Waals surface area contributed by atoms with Crippen molar-refractivity contribution in [3.8, 4) is 0 Å². The van der Waals surface area contributed by atoms with E-state index in [9.17, 15) is 10.1 Å². The highest BCUT2D eigenvalue weighted by molar-refractivity contribution is 5.63. The molecular weight excluding hydrogens is 242 g/mol. The molecule has 2 heterocycles. The normalized spacial score (nSPS) is 15.7. The Morgan fingerprint density at radius 2 is 2.05 bits per heavy atom. The van der Waals surface area contributed by atoms with Gasteiger partial charge in [0, 0.05) is 6.07 Å². The van der Waals surface area contributed by atoms with E-state index >= 15 is 0 Å². The summed E-state index contributed by atoms with van der Waals surface area (Å²) < 4.78 is 1.54. The Bertz CT molecular complexity index is 650. The maximum absolute atomic E-state index is 11.3. The lowest BCUT2D eigenvalue weighted by Crippen LogP contribution is -1.97. The second-order valence-electron chi connectivity index (χ2n) is 4.87. The first-order valence-corrected chi connectivity index (χ1v) is 6.56. The van der Waals surface area contributed by atoms with E-state index in [2.05, 4.69) is 4.98 Å². The summed E-state index contributed by atoms with van der Waals surface area (Å²) in [4.78, 5) is 15.3. The highest BCUT2D eigenvalue weighted by Gasteiger charge is 2.21. The SMILES string of the molecule is O=[N+]([O-])c1c(C=C2CCCCC2)nc2ccccn12. The molecule has 2 aromatic heterocycles. The number of nitro groups is 1. The van der Waals surface area contributed by atoms with Crippen molar-refractivity contribution in [2.24, 2.45) is 0 Å². The van der Waals surface area contributed by atoms with Crippen molar-refractivity contribution in [3.05, 3.63) is 45.8 Å². The monoisotopic (exact) mass is 257 g/mol. The van der Waals surface area contributed by atoms with Gasteiger partial charge >= 0.3 is 5.82 Å². The van der Waals surface area contributed by atoms with Gasteiger partial charge in [-0.25, -0.2) is 4.98 Å². The topological polar surface area (TPSA) is 60.4 Å². The van der Waals surface area contributed by atoms with E-state index in [-0.39, 0.29) is 10.7 Å². The summed E-state index contributed by atoms with van der Waals surface area (Å²) in [6, 6.07) is 5.40. The Labute approximate surface area is 110 Å². The number of allylic oxidation sites excluding steroid dienone is 1.